The lowest BCUT2D eigenvalue weighted by atomic mass is 10.1. The first-order chi connectivity index (χ1) is 10.1. The van der Waals surface area contributed by atoms with E-state index >= 15 is 0 Å². The number of carbonyl (C=O) groups excluding carboxylic acids is 1. The van der Waals surface area contributed by atoms with Gasteiger partial charge in [0, 0.05) is 23.6 Å². The van der Waals surface area contributed by atoms with E-state index in [1.165, 1.54) is 6.07 Å². The minimum absolute atomic E-state index is 0.0240. The predicted molar refractivity (Wildman–Crippen MR) is 78.8 cm³/mol. The number of benzene rings is 1. The molecule has 1 aromatic heterocycles. The van der Waals surface area contributed by atoms with Crippen molar-refractivity contribution in [1.29, 1.82) is 0 Å². The first kappa shape index (κ1) is 14.1. The van der Waals surface area contributed by atoms with Crippen LogP contribution < -0.4 is 10.9 Å². The summed E-state index contributed by atoms with van der Waals surface area (Å²) < 4.78 is 10.6. The van der Waals surface area contributed by atoms with Crippen molar-refractivity contribution < 1.29 is 13.9 Å². The van der Waals surface area contributed by atoms with Crippen LogP contribution in [0.3, 0.4) is 0 Å². The van der Waals surface area contributed by atoms with Crippen LogP contribution in [-0.4, -0.2) is 25.2 Å². The molecule has 1 atom stereocenters. The highest BCUT2D eigenvalue weighted by atomic mass is 35.5. The summed E-state index contributed by atoms with van der Waals surface area (Å²) in [6.45, 7) is 1.11. The smallest absolute Gasteiger partial charge is 0.349 e. The second-order valence-electron chi connectivity index (χ2n) is 4.97. The first-order valence-corrected chi connectivity index (χ1v) is 7.14. The standard InChI is InChI=1S/C15H14ClNO4/c16-10-3-4-13-9(6-10)7-12(15(19)21-13)14(18)17-8-11-2-1-5-20-11/h3-4,6-7,11H,1-2,5,8H2,(H,17,18)/t11-/m0/s1. The largest absolute Gasteiger partial charge is 0.422 e. The molecule has 1 aliphatic heterocycles. The minimum atomic E-state index is -0.658. The fraction of sp³-hybridized carbons (Fsp3) is 0.333. The van der Waals surface area contributed by atoms with E-state index in [2.05, 4.69) is 5.32 Å². The van der Waals surface area contributed by atoms with Crippen molar-refractivity contribution in [2.24, 2.45) is 0 Å². The number of hydrogen-bond donors (Lipinski definition) is 1. The van der Waals surface area contributed by atoms with Crippen LogP contribution in [0.4, 0.5) is 0 Å². The molecule has 0 bridgehead atoms. The van der Waals surface area contributed by atoms with E-state index in [0.29, 0.717) is 22.5 Å². The SMILES string of the molecule is O=C(NC[C@@H]1CCCO1)c1cc2cc(Cl)ccc2oc1=O. The van der Waals surface area contributed by atoms with Crippen LogP contribution in [0.25, 0.3) is 11.0 Å². The third kappa shape index (κ3) is 3.09. The number of rotatable bonds is 3. The lowest BCUT2D eigenvalue weighted by Crippen LogP contribution is -2.34. The zero-order valence-electron chi connectivity index (χ0n) is 11.2. The third-order valence-electron chi connectivity index (χ3n) is 3.45. The second kappa shape index (κ2) is 5.87. The van der Waals surface area contributed by atoms with Gasteiger partial charge in [0.2, 0.25) is 0 Å². The molecule has 0 unspecified atom stereocenters. The molecular weight excluding hydrogens is 294 g/mol. The van der Waals surface area contributed by atoms with Crippen molar-refractivity contribution in [2.45, 2.75) is 18.9 Å². The van der Waals surface area contributed by atoms with Crippen LogP contribution in [-0.2, 0) is 4.74 Å². The Morgan fingerprint density at radius 1 is 1.38 bits per heavy atom. The fourth-order valence-electron chi connectivity index (χ4n) is 2.36. The van der Waals surface area contributed by atoms with E-state index in [4.69, 9.17) is 20.8 Å². The predicted octanol–water partition coefficient (Wildman–Crippen LogP) is 2.36. The Bertz CT molecular complexity index is 734. The van der Waals surface area contributed by atoms with Crippen molar-refractivity contribution in [3.05, 3.63) is 45.3 Å². The summed E-state index contributed by atoms with van der Waals surface area (Å²) in [5.41, 5.74) is -0.280. The van der Waals surface area contributed by atoms with Crippen LogP contribution in [0, 0.1) is 0 Å². The zero-order valence-corrected chi connectivity index (χ0v) is 12.0. The van der Waals surface area contributed by atoms with Gasteiger partial charge in [0.1, 0.15) is 11.1 Å². The average Bonchev–Trinajstić information content (AvgIpc) is 2.98. The molecule has 1 amide bonds. The van der Waals surface area contributed by atoms with Crippen molar-refractivity contribution in [3.63, 3.8) is 0 Å². The summed E-state index contributed by atoms with van der Waals surface area (Å²) in [5.74, 6) is -0.457. The van der Waals surface area contributed by atoms with Crippen molar-refractivity contribution in [3.8, 4) is 0 Å². The summed E-state index contributed by atoms with van der Waals surface area (Å²) in [6.07, 6.45) is 1.94. The Kier molecular flexibility index (Phi) is 3.94. The maximum atomic E-state index is 12.1. The van der Waals surface area contributed by atoms with Crippen LogP contribution in [0.1, 0.15) is 23.2 Å². The molecule has 0 radical (unpaired) electrons. The van der Waals surface area contributed by atoms with Gasteiger partial charge in [-0.25, -0.2) is 4.79 Å². The van der Waals surface area contributed by atoms with Gasteiger partial charge in [-0.3, -0.25) is 4.79 Å². The van der Waals surface area contributed by atoms with Gasteiger partial charge in [0.05, 0.1) is 6.10 Å². The quantitative estimate of drug-likeness (QED) is 0.884. The molecule has 1 aliphatic rings. The fourth-order valence-corrected chi connectivity index (χ4v) is 2.54. The highest BCUT2D eigenvalue weighted by Gasteiger charge is 2.18. The van der Waals surface area contributed by atoms with Crippen LogP contribution in [0.2, 0.25) is 5.02 Å². The Morgan fingerprint density at radius 2 is 2.24 bits per heavy atom. The van der Waals surface area contributed by atoms with E-state index in [0.717, 1.165) is 19.4 Å². The lowest BCUT2D eigenvalue weighted by Gasteiger charge is -2.10. The van der Waals surface area contributed by atoms with Gasteiger partial charge in [-0.15, -0.1) is 0 Å². The highest BCUT2D eigenvalue weighted by molar-refractivity contribution is 6.31. The molecule has 5 nitrogen and oxygen atoms in total. The molecule has 1 N–H and O–H groups in total. The Hall–Kier alpha value is -1.85. The van der Waals surface area contributed by atoms with Gasteiger partial charge < -0.3 is 14.5 Å². The number of halogens is 1. The topological polar surface area (TPSA) is 68.5 Å². The maximum Gasteiger partial charge on any atom is 0.349 e. The van der Waals surface area contributed by atoms with Gasteiger partial charge in [-0.2, -0.15) is 0 Å². The molecule has 2 heterocycles. The molecule has 1 fully saturated rings. The zero-order chi connectivity index (χ0) is 14.8. The average molecular weight is 308 g/mol. The van der Waals surface area contributed by atoms with Gasteiger partial charge in [-0.05, 0) is 37.1 Å². The number of nitrogens with one attached hydrogen (secondary N) is 1. The molecule has 1 saturated heterocycles. The Balaban J connectivity index is 1.83. The summed E-state index contributed by atoms with van der Waals surface area (Å²) in [6, 6.07) is 6.38. The normalized spacial score (nSPS) is 18.0. The van der Waals surface area contributed by atoms with E-state index in [1.807, 2.05) is 0 Å². The van der Waals surface area contributed by atoms with Gasteiger partial charge in [0.25, 0.3) is 5.91 Å². The number of fused-ring (bicyclic) bond motifs is 1. The molecule has 6 heteroatoms. The summed E-state index contributed by atoms with van der Waals surface area (Å²) in [5, 5.41) is 3.84. The summed E-state index contributed by atoms with van der Waals surface area (Å²) in [7, 11) is 0. The number of amides is 1. The van der Waals surface area contributed by atoms with E-state index < -0.39 is 11.5 Å². The Labute approximate surface area is 125 Å². The monoisotopic (exact) mass is 307 g/mol. The summed E-state index contributed by atoms with van der Waals surface area (Å²) >= 11 is 5.90. The van der Waals surface area contributed by atoms with E-state index in [1.54, 1.807) is 18.2 Å². The van der Waals surface area contributed by atoms with Crippen molar-refractivity contribution in [2.75, 3.05) is 13.2 Å². The molecule has 2 aromatic rings. The van der Waals surface area contributed by atoms with E-state index in [9.17, 15) is 9.59 Å². The van der Waals surface area contributed by atoms with Crippen molar-refractivity contribution >= 4 is 28.5 Å². The van der Waals surface area contributed by atoms with Gasteiger partial charge in [0.15, 0.2) is 0 Å². The lowest BCUT2D eigenvalue weighted by molar-refractivity contribution is 0.0855. The van der Waals surface area contributed by atoms with Gasteiger partial charge >= 0.3 is 5.63 Å². The molecular formula is C15H14ClNO4. The molecule has 3 rings (SSSR count). The maximum absolute atomic E-state index is 12.1. The van der Waals surface area contributed by atoms with E-state index in [-0.39, 0.29) is 11.7 Å². The Morgan fingerprint density at radius 3 is 3.00 bits per heavy atom. The second-order valence-corrected chi connectivity index (χ2v) is 5.41. The summed E-state index contributed by atoms with van der Waals surface area (Å²) in [4.78, 5) is 24.0. The number of ether oxygens (including phenoxy) is 1. The van der Waals surface area contributed by atoms with Gasteiger partial charge in [-0.1, -0.05) is 11.6 Å². The third-order valence-corrected chi connectivity index (χ3v) is 3.69. The molecule has 0 saturated carbocycles. The van der Waals surface area contributed by atoms with Crippen molar-refractivity contribution in [1.82, 2.24) is 5.32 Å². The molecule has 0 spiro atoms. The van der Waals surface area contributed by atoms with Crippen LogP contribution in [0.5, 0.6) is 0 Å². The highest BCUT2D eigenvalue weighted by Crippen LogP contribution is 2.19. The molecule has 1 aromatic carbocycles. The first-order valence-electron chi connectivity index (χ1n) is 6.77. The van der Waals surface area contributed by atoms with Crippen LogP contribution >= 0.6 is 11.6 Å². The number of carbonyl (C=O) groups is 1. The van der Waals surface area contributed by atoms with Crippen LogP contribution in [0.15, 0.2) is 33.5 Å². The molecule has 21 heavy (non-hydrogen) atoms. The number of hydrogen-bond acceptors (Lipinski definition) is 4. The minimum Gasteiger partial charge on any atom is -0.422 e. The molecule has 0 aliphatic carbocycles. The molecule has 110 valence electrons.